The van der Waals surface area contributed by atoms with Gasteiger partial charge in [-0.1, -0.05) is 23.7 Å². The molecule has 7 nitrogen and oxygen atoms in total. The van der Waals surface area contributed by atoms with Crippen molar-refractivity contribution in [3.05, 3.63) is 59.1 Å². The number of ether oxygens (including phenoxy) is 1. The fourth-order valence-corrected chi connectivity index (χ4v) is 3.95. The Balaban J connectivity index is 2.20. The van der Waals surface area contributed by atoms with Crippen LogP contribution in [0.4, 0.5) is 5.69 Å². The van der Waals surface area contributed by atoms with Crippen LogP contribution in [-0.2, 0) is 14.8 Å². The van der Waals surface area contributed by atoms with E-state index in [2.05, 4.69) is 10.5 Å². The molecule has 29 heavy (non-hydrogen) atoms. The molecule has 0 unspecified atom stereocenters. The smallest absolute Gasteiger partial charge is 0.263 e. The Hall–Kier alpha value is -2.58. The minimum atomic E-state index is -3.71. The second-order valence-electron chi connectivity index (χ2n) is 6.34. The van der Waals surface area contributed by atoms with E-state index in [-0.39, 0.29) is 0 Å². The largest absolute Gasteiger partial charge is 0.494 e. The summed E-state index contributed by atoms with van der Waals surface area (Å²) in [5.41, 5.74) is 4.14. The highest BCUT2D eigenvalue weighted by molar-refractivity contribution is 7.92. The van der Waals surface area contributed by atoms with E-state index >= 15 is 0 Å². The molecular weight excluding hydrogens is 414 g/mol. The van der Waals surface area contributed by atoms with Gasteiger partial charge in [-0.25, -0.2) is 13.8 Å². The second-order valence-corrected chi connectivity index (χ2v) is 8.64. The van der Waals surface area contributed by atoms with E-state index in [4.69, 9.17) is 16.3 Å². The number of hydrazone groups is 1. The number of amides is 1. The number of nitrogens with zero attached hydrogens (tertiary/aromatic N) is 2. The van der Waals surface area contributed by atoms with Crippen LogP contribution < -0.4 is 14.5 Å². The van der Waals surface area contributed by atoms with Crippen LogP contribution in [0.3, 0.4) is 0 Å². The molecule has 2 aromatic rings. The molecule has 0 aliphatic heterocycles. The molecule has 0 aliphatic rings. The van der Waals surface area contributed by atoms with Gasteiger partial charge in [0.25, 0.3) is 5.91 Å². The van der Waals surface area contributed by atoms with Crippen LogP contribution in [-0.4, -0.2) is 38.9 Å². The van der Waals surface area contributed by atoms with E-state index in [9.17, 15) is 13.2 Å². The Morgan fingerprint density at radius 2 is 1.76 bits per heavy atom. The molecule has 0 saturated carbocycles. The topological polar surface area (TPSA) is 88.1 Å². The lowest BCUT2D eigenvalue weighted by Crippen LogP contribution is -2.46. The zero-order valence-electron chi connectivity index (χ0n) is 16.7. The van der Waals surface area contributed by atoms with Crippen LogP contribution in [0.1, 0.15) is 26.3 Å². The fraction of sp³-hybridized carbons (Fsp3) is 0.300. The third kappa shape index (κ3) is 6.20. The molecule has 0 fully saturated rings. The molecule has 1 atom stereocenters. The van der Waals surface area contributed by atoms with Crippen LogP contribution in [0.2, 0.25) is 5.02 Å². The highest BCUT2D eigenvalue weighted by atomic mass is 35.5. The zero-order valence-corrected chi connectivity index (χ0v) is 18.3. The maximum atomic E-state index is 12.6. The first-order valence-corrected chi connectivity index (χ1v) is 11.2. The summed E-state index contributed by atoms with van der Waals surface area (Å²) in [6.45, 7) is 5.59. The molecule has 1 N–H and O–H groups in total. The molecule has 0 heterocycles. The maximum Gasteiger partial charge on any atom is 0.263 e. The summed E-state index contributed by atoms with van der Waals surface area (Å²) in [5.74, 6) is 0.0580. The highest BCUT2D eigenvalue weighted by Gasteiger charge is 2.29. The summed E-state index contributed by atoms with van der Waals surface area (Å²) in [7, 11) is -3.71. The number of halogens is 1. The Bertz CT molecular complexity index is 974. The predicted molar refractivity (Wildman–Crippen MR) is 116 cm³/mol. The molecule has 156 valence electrons. The number of carbonyl (C=O) groups excluding carboxylic acids is 1. The molecule has 2 rings (SSSR count). The summed E-state index contributed by atoms with van der Waals surface area (Å²) >= 11 is 5.87. The monoisotopic (exact) mass is 437 g/mol. The van der Waals surface area contributed by atoms with Crippen molar-refractivity contribution in [2.75, 3.05) is 17.2 Å². The van der Waals surface area contributed by atoms with E-state index in [1.165, 1.54) is 6.92 Å². The Labute approximate surface area is 176 Å². The van der Waals surface area contributed by atoms with E-state index in [0.29, 0.717) is 28.8 Å². The first-order valence-electron chi connectivity index (χ1n) is 8.95. The zero-order chi connectivity index (χ0) is 21.6. The van der Waals surface area contributed by atoms with Crippen molar-refractivity contribution in [2.24, 2.45) is 5.10 Å². The van der Waals surface area contributed by atoms with Gasteiger partial charge >= 0.3 is 0 Å². The van der Waals surface area contributed by atoms with Crippen LogP contribution in [0.15, 0.2) is 53.6 Å². The Kier molecular flexibility index (Phi) is 7.64. The molecule has 0 aliphatic carbocycles. The van der Waals surface area contributed by atoms with Crippen molar-refractivity contribution in [2.45, 2.75) is 26.8 Å². The summed E-state index contributed by atoms with van der Waals surface area (Å²) < 4.78 is 31.1. The van der Waals surface area contributed by atoms with Gasteiger partial charge in [0, 0.05) is 5.02 Å². The van der Waals surface area contributed by atoms with Gasteiger partial charge in [0.2, 0.25) is 10.0 Å². The van der Waals surface area contributed by atoms with Gasteiger partial charge in [-0.3, -0.25) is 9.10 Å². The van der Waals surface area contributed by atoms with Gasteiger partial charge in [-0.2, -0.15) is 5.10 Å². The van der Waals surface area contributed by atoms with Crippen molar-refractivity contribution in [1.82, 2.24) is 5.43 Å². The number of rotatable bonds is 8. The minimum Gasteiger partial charge on any atom is -0.494 e. The maximum absolute atomic E-state index is 12.6. The fourth-order valence-electron chi connectivity index (χ4n) is 2.65. The third-order valence-corrected chi connectivity index (χ3v) is 5.58. The van der Waals surface area contributed by atoms with Crippen molar-refractivity contribution in [1.29, 1.82) is 0 Å². The summed E-state index contributed by atoms with van der Waals surface area (Å²) in [5, 5.41) is 4.67. The summed E-state index contributed by atoms with van der Waals surface area (Å²) in [6, 6.07) is 12.5. The average molecular weight is 438 g/mol. The molecule has 0 spiro atoms. The first-order chi connectivity index (χ1) is 13.6. The summed E-state index contributed by atoms with van der Waals surface area (Å²) in [6.07, 6.45) is 1.05. The third-order valence-electron chi connectivity index (χ3n) is 4.09. The van der Waals surface area contributed by atoms with Gasteiger partial charge in [-0.15, -0.1) is 0 Å². The molecule has 0 radical (unpaired) electrons. The number of carbonyl (C=O) groups is 1. The van der Waals surface area contributed by atoms with Crippen molar-refractivity contribution >= 4 is 38.9 Å². The van der Waals surface area contributed by atoms with Gasteiger partial charge < -0.3 is 4.74 Å². The molecule has 1 amide bonds. The first kappa shape index (κ1) is 22.7. The van der Waals surface area contributed by atoms with Gasteiger partial charge in [0.1, 0.15) is 11.8 Å². The van der Waals surface area contributed by atoms with Crippen molar-refractivity contribution < 1.29 is 17.9 Å². The van der Waals surface area contributed by atoms with Crippen molar-refractivity contribution in [3.8, 4) is 5.75 Å². The standard InChI is InChI=1S/C20H24ClN3O4S/c1-5-28-19-12-10-18(11-13-19)24(29(4,26)27)15(3)20(25)23-22-14(2)16-6-8-17(21)9-7-16/h6-13,15H,5H2,1-4H3,(H,23,25)/b22-14-/t15-/m0/s1. The molecule has 9 heteroatoms. The predicted octanol–water partition coefficient (Wildman–Crippen LogP) is 3.43. The SMILES string of the molecule is CCOc1ccc(N([C@@H](C)C(=O)N/N=C(/C)c2ccc(Cl)cc2)S(C)(=O)=O)cc1. The van der Waals surface area contributed by atoms with E-state index in [1.807, 2.05) is 6.92 Å². The van der Waals surface area contributed by atoms with Crippen LogP contribution in [0, 0.1) is 0 Å². The lowest BCUT2D eigenvalue weighted by atomic mass is 10.1. The van der Waals surface area contributed by atoms with Crippen molar-refractivity contribution in [3.63, 3.8) is 0 Å². The lowest BCUT2D eigenvalue weighted by Gasteiger charge is -2.27. The van der Waals surface area contributed by atoms with E-state index in [1.54, 1.807) is 55.5 Å². The molecule has 0 bridgehead atoms. The quantitative estimate of drug-likeness (QED) is 0.506. The molecule has 0 saturated heterocycles. The molecule has 2 aromatic carbocycles. The van der Waals surface area contributed by atoms with E-state index in [0.717, 1.165) is 16.1 Å². The highest BCUT2D eigenvalue weighted by Crippen LogP contribution is 2.24. The van der Waals surface area contributed by atoms with Crippen LogP contribution in [0.5, 0.6) is 5.75 Å². The molecular formula is C20H24ClN3O4S. The van der Waals surface area contributed by atoms with Crippen LogP contribution >= 0.6 is 11.6 Å². The lowest BCUT2D eigenvalue weighted by molar-refractivity contribution is -0.121. The minimum absolute atomic E-state index is 0.358. The number of hydrogen-bond donors (Lipinski definition) is 1. The normalized spacial score (nSPS) is 12.9. The number of nitrogens with one attached hydrogen (secondary N) is 1. The average Bonchev–Trinajstić information content (AvgIpc) is 2.67. The Morgan fingerprint density at radius 1 is 1.17 bits per heavy atom. The van der Waals surface area contributed by atoms with Gasteiger partial charge in [0.15, 0.2) is 0 Å². The Morgan fingerprint density at radius 3 is 2.28 bits per heavy atom. The van der Waals surface area contributed by atoms with Gasteiger partial charge in [0.05, 0.1) is 24.3 Å². The second kappa shape index (κ2) is 9.76. The van der Waals surface area contributed by atoms with Gasteiger partial charge in [-0.05, 0) is 62.7 Å². The number of hydrogen-bond acceptors (Lipinski definition) is 5. The van der Waals surface area contributed by atoms with Crippen LogP contribution in [0.25, 0.3) is 0 Å². The number of sulfonamides is 1. The number of anilines is 1. The number of benzene rings is 2. The molecule has 0 aromatic heterocycles. The van der Waals surface area contributed by atoms with E-state index < -0.39 is 22.0 Å². The summed E-state index contributed by atoms with van der Waals surface area (Å²) in [4.78, 5) is 12.6.